The van der Waals surface area contributed by atoms with Crippen LogP contribution in [0.5, 0.6) is 0 Å². The summed E-state index contributed by atoms with van der Waals surface area (Å²) in [7, 11) is 0. The molecule has 5 nitrogen and oxygen atoms in total. The number of benzene rings is 1. The maximum atomic E-state index is 10.5. The van der Waals surface area contributed by atoms with E-state index < -0.39 is 4.92 Å². The molecule has 0 saturated heterocycles. The second-order valence-corrected chi connectivity index (χ2v) is 3.24. The molecule has 2 N–H and O–H groups in total. The summed E-state index contributed by atoms with van der Waals surface area (Å²) in [6.07, 6.45) is 1.60. The van der Waals surface area contributed by atoms with Crippen LogP contribution in [0.15, 0.2) is 42.6 Å². The molecule has 0 bridgehead atoms. The molecule has 1 aromatic carbocycles. The number of hydrogen-bond acceptors (Lipinski definition) is 4. The van der Waals surface area contributed by atoms with Gasteiger partial charge < -0.3 is 5.73 Å². The summed E-state index contributed by atoms with van der Waals surface area (Å²) in [5.41, 5.74) is 7.36. The normalized spacial score (nSPS) is 10.0. The average molecular weight is 215 g/mol. The maximum Gasteiger partial charge on any atom is 0.269 e. The molecule has 0 spiro atoms. The molecule has 0 unspecified atom stereocenters. The van der Waals surface area contributed by atoms with Crippen molar-refractivity contribution in [1.29, 1.82) is 0 Å². The lowest BCUT2D eigenvalue weighted by Gasteiger charge is -2.03. The Morgan fingerprint density at radius 3 is 2.44 bits per heavy atom. The number of hydrogen-bond donors (Lipinski definition) is 1. The van der Waals surface area contributed by atoms with Crippen molar-refractivity contribution in [3.8, 4) is 11.1 Å². The van der Waals surface area contributed by atoms with Gasteiger partial charge in [-0.1, -0.05) is 0 Å². The van der Waals surface area contributed by atoms with E-state index in [0.29, 0.717) is 5.82 Å². The molecular formula is C11H9N3O2. The van der Waals surface area contributed by atoms with E-state index in [-0.39, 0.29) is 5.69 Å². The Labute approximate surface area is 91.7 Å². The number of anilines is 1. The van der Waals surface area contributed by atoms with Crippen molar-refractivity contribution in [2.24, 2.45) is 0 Å². The molecule has 16 heavy (non-hydrogen) atoms. The van der Waals surface area contributed by atoms with Gasteiger partial charge in [-0.2, -0.15) is 0 Å². The van der Waals surface area contributed by atoms with Gasteiger partial charge >= 0.3 is 0 Å². The van der Waals surface area contributed by atoms with Crippen LogP contribution in [-0.4, -0.2) is 9.91 Å². The minimum absolute atomic E-state index is 0.0613. The highest BCUT2D eigenvalue weighted by Crippen LogP contribution is 2.25. The molecule has 2 rings (SSSR count). The topological polar surface area (TPSA) is 82.0 Å². The fourth-order valence-corrected chi connectivity index (χ4v) is 1.42. The van der Waals surface area contributed by atoms with Crippen molar-refractivity contribution < 1.29 is 4.92 Å². The first-order valence-corrected chi connectivity index (χ1v) is 4.64. The zero-order chi connectivity index (χ0) is 11.5. The molecule has 0 amide bonds. The first-order valence-electron chi connectivity index (χ1n) is 4.64. The number of rotatable bonds is 2. The van der Waals surface area contributed by atoms with E-state index in [1.165, 1.54) is 12.1 Å². The van der Waals surface area contributed by atoms with Gasteiger partial charge in [0.25, 0.3) is 5.69 Å². The fraction of sp³-hybridized carbons (Fsp3) is 0. The van der Waals surface area contributed by atoms with Gasteiger partial charge in [0.05, 0.1) is 4.92 Å². The van der Waals surface area contributed by atoms with E-state index in [1.807, 2.05) is 6.07 Å². The van der Waals surface area contributed by atoms with Crippen LogP contribution < -0.4 is 5.73 Å². The lowest BCUT2D eigenvalue weighted by molar-refractivity contribution is -0.384. The van der Waals surface area contributed by atoms with Crippen LogP contribution in [0.4, 0.5) is 11.5 Å². The molecular weight excluding hydrogens is 206 g/mol. The summed E-state index contributed by atoms with van der Waals surface area (Å²) in [5.74, 6) is 0.413. The summed E-state index contributed by atoms with van der Waals surface area (Å²) in [5, 5.41) is 10.5. The number of nitro groups is 1. The van der Waals surface area contributed by atoms with Gasteiger partial charge in [-0.25, -0.2) is 4.98 Å². The lowest BCUT2D eigenvalue weighted by atomic mass is 10.1. The predicted octanol–water partition coefficient (Wildman–Crippen LogP) is 2.24. The minimum atomic E-state index is -0.434. The number of nitro benzene ring substituents is 1. The van der Waals surface area contributed by atoms with Gasteiger partial charge in [0, 0.05) is 23.9 Å². The Kier molecular flexibility index (Phi) is 2.51. The molecule has 0 aliphatic rings. The van der Waals surface area contributed by atoms with E-state index in [1.54, 1.807) is 24.4 Å². The van der Waals surface area contributed by atoms with Gasteiger partial charge in [0.2, 0.25) is 0 Å². The highest BCUT2D eigenvalue weighted by molar-refractivity contribution is 5.73. The second-order valence-electron chi connectivity index (χ2n) is 3.24. The van der Waals surface area contributed by atoms with Gasteiger partial charge in [0.1, 0.15) is 5.82 Å². The van der Waals surface area contributed by atoms with E-state index in [4.69, 9.17) is 5.73 Å². The number of nitrogen functional groups attached to an aromatic ring is 1. The molecule has 1 heterocycles. The Morgan fingerprint density at radius 1 is 1.19 bits per heavy atom. The summed E-state index contributed by atoms with van der Waals surface area (Å²) in [6, 6.07) is 9.80. The molecule has 0 radical (unpaired) electrons. The lowest BCUT2D eigenvalue weighted by Crippen LogP contribution is -1.93. The van der Waals surface area contributed by atoms with Crippen molar-refractivity contribution in [3.05, 3.63) is 52.7 Å². The Morgan fingerprint density at radius 2 is 1.88 bits per heavy atom. The average Bonchev–Trinajstić information content (AvgIpc) is 2.30. The van der Waals surface area contributed by atoms with Gasteiger partial charge in [-0.3, -0.25) is 10.1 Å². The van der Waals surface area contributed by atoms with Crippen molar-refractivity contribution in [2.75, 3.05) is 5.73 Å². The Hall–Kier alpha value is -2.43. The smallest absolute Gasteiger partial charge is 0.269 e. The first-order chi connectivity index (χ1) is 7.68. The van der Waals surface area contributed by atoms with E-state index in [0.717, 1.165) is 11.1 Å². The van der Waals surface area contributed by atoms with Crippen LogP contribution in [0.25, 0.3) is 11.1 Å². The Bertz CT molecular complexity index is 523. The Balaban J connectivity index is 2.43. The van der Waals surface area contributed by atoms with Crippen LogP contribution in [0, 0.1) is 10.1 Å². The zero-order valence-corrected chi connectivity index (χ0v) is 8.33. The van der Waals surface area contributed by atoms with Gasteiger partial charge in [0.15, 0.2) is 0 Å². The standard InChI is InChI=1S/C11H9N3O2/c12-11-10(2-1-7-13-11)8-3-5-9(6-4-8)14(15)16/h1-7H,(H2,12,13). The summed E-state index contributed by atoms with van der Waals surface area (Å²) in [6.45, 7) is 0. The number of non-ortho nitro benzene ring substituents is 1. The van der Waals surface area contributed by atoms with Gasteiger partial charge in [-0.15, -0.1) is 0 Å². The van der Waals surface area contributed by atoms with Crippen LogP contribution >= 0.6 is 0 Å². The summed E-state index contributed by atoms with van der Waals surface area (Å²) in [4.78, 5) is 14.0. The van der Waals surface area contributed by atoms with Crippen LogP contribution in [0.3, 0.4) is 0 Å². The van der Waals surface area contributed by atoms with Crippen molar-refractivity contribution in [2.45, 2.75) is 0 Å². The molecule has 0 saturated carbocycles. The van der Waals surface area contributed by atoms with Crippen molar-refractivity contribution in [3.63, 3.8) is 0 Å². The van der Waals surface area contributed by atoms with Crippen molar-refractivity contribution >= 4 is 11.5 Å². The molecule has 0 fully saturated rings. The van der Waals surface area contributed by atoms with Crippen LogP contribution in [-0.2, 0) is 0 Å². The monoisotopic (exact) mass is 215 g/mol. The second kappa shape index (κ2) is 3.98. The maximum absolute atomic E-state index is 10.5. The third-order valence-electron chi connectivity index (χ3n) is 2.23. The molecule has 5 heteroatoms. The predicted molar refractivity (Wildman–Crippen MR) is 60.7 cm³/mol. The van der Waals surface area contributed by atoms with Crippen LogP contribution in [0.1, 0.15) is 0 Å². The molecule has 2 aromatic rings. The zero-order valence-electron chi connectivity index (χ0n) is 8.33. The molecule has 0 aliphatic carbocycles. The minimum Gasteiger partial charge on any atom is -0.383 e. The van der Waals surface area contributed by atoms with E-state index in [2.05, 4.69) is 4.98 Å². The SMILES string of the molecule is Nc1ncccc1-c1ccc([N+](=O)[O-])cc1. The largest absolute Gasteiger partial charge is 0.383 e. The third-order valence-corrected chi connectivity index (χ3v) is 2.23. The van der Waals surface area contributed by atoms with E-state index in [9.17, 15) is 10.1 Å². The van der Waals surface area contributed by atoms with Gasteiger partial charge in [-0.05, 0) is 29.8 Å². The number of pyridine rings is 1. The van der Waals surface area contributed by atoms with Crippen molar-refractivity contribution in [1.82, 2.24) is 4.98 Å². The summed E-state index contributed by atoms with van der Waals surface area (Å²) >= 11 is 0. The first kappa shape index (κ1) is 10.1. The molecule has 1 aromatic heterocycles. The number of nitrogens with two attached hydrogens (primary N) is 1. The van der Waals surface area contributed by atoms with E-state index >= 15 is 0 Å². The quantitative estimate of drug-likeness (QED) is 0.615. The molecule has 0 atom stereocenters. The van der Waals surface area contributed by atoms with Crippen LogP contribution in [0.2, 0.25) is 0 Å². The number of nitrogens with zero attached hydrogens (tertiary/aromatic N) is 2. The number of aromatic nitrogens is 1. The molecule has 80 valence electrons. The third kappa shape index (κ3) is 1.83. The summed E-state index contributed by atoms with van der Waals surface area (Å²) < 4.78 is 0. The highest BCUT2D eigenvalue weighted by Gasteiger charge is 2.06. The fourth-order valence-electron chi connectivity index (χ4n) is 1.42. The highest BCUT2D eigenvalue weighted by atomic mass is 16.6. The molecule has 0 aliphatic heterocycles.